The molecule has 112 valence electrons. The van der Waals surface area contributed by atoms with Gasteiger partial charge < -0.3 is 0 Å². The highest BCUT2D eigenvalue weighted by atomic mass is 16.1. The molecule has 0 aliphatic carbocycles. The van der Waals surface area contributed by atoms with Gasteiger partial charge in [0, 0.05) is 12.8 Å². The number of hydrogen-bond donors (Lipinski definition) is 0. The topological polar surface area (TPSA) is 17.1 Å². The quantitative estimate of drug-likeness (QED) is 0.738. The minimum absolute atomic E-state index is 0.115. The number of rotatable bonds is 4. The molecule has 0 aromatic heterocycles. The van der Waals surface area contributed by atoms with E-state index in [9.17, 15) is 4.79 Å². The van der Waals surface area contributed by atoms with Gasteiger partial charge >= 0.3 is 0 Å². The molecular formula is C19H30O. The molecule has 0 atom stereocenters. The molecule has 0 saturated carbocycles. The van der Waals surface area contributed by atoms with Gasteiger partial charge in [-0.25, -0.2) is 0 Å². The van der Waals surface area contributed by atoms with Crippen molar-refractivity contribution in [2.45, 2.75) is 78.6 Å². The van der Waals surface area contributed by atoms with Gasteiger partial charge in [0.15, 0.2) is 0 Å². The van der Waals surface area contributed by atoms with E-state index in [1.807, 2.05) is 0 Å². The zero-order chi connectivity index (χ0) is 15.6. The lowest BCUT2D eigenvalue weighted by Crippen LogP contribution is -2.17. The van der Waals surface area contributed by atoms with E-state index in [0.717, 1.165) is 6.42 Å². The number of hydrogen-bond acceptors (Lipinski definition) is 1. The fourth-order valence-corrected chi connectivity index (χ4v) is 2.25. The molecule has 1 rings (SSSR count). The maximum atomic E-state index is 11.9. The zero-order valence-electron chi connectivity index (χ0n) is 14.3. The zero-order valence-corrected chi connectivity index (χ0v) is 14.3. The van der Waals surface area contributed by atoms with Crippen molar-refractivity contribution in [1.82, 2.24) is 0 Å². The van der Waals surface area contributed by atoms with Crippen LogP contribution < -0.4 is 0 Å². The smallest absolute Gasteiger partial charge is 0.137 e. The largest absolute Gasteiger partial charge is 0.299 e. The summed E-state index contributed by atoms with van der Waals surface area (Å²) in [7, 11) is 0. The average molecular weight is 274 g/mol. The van der Waals surface area contributed by atoms with Crippen molar-refractivity contribution >= 4 is 5.78 Å². The Hall–Kier alpha value is -1.11. The van der Waals surface area contributed by atoms with Crippen LogP contribution in [-0.2, 0) is 22.0 Å². The molecule has 1 aromatic rings. The highest BCUT2D eigenvalue weighted by Crippen LogP contribution is 2.30. The second-order valence-corrected chi connectivity index (χ2v) is 7.88. The van der Waals surface area contributed by atoms with Crippen LogP contribution in [0.4, 0.5) is 0 Å². The molecule has 0 saturated heterocycles. The van der Waals surface area contributed by atoms with Crippen molar-refractivity contribution in [3.05, 3.63) is 34.9 Å². The fourth-order valence-electron chi connectivity index (χ4n) is 2.25. The van der Waals surface area contributed by atoms with E-state index in [-0.39, 0.29) is 10.8 Å². The van der Waals surface area contributed by atoms with E-state index in [1.54, 1.807) is 0 Å². The molecule has 0 N–H and O–H groups in total. The van der Waals surface area contributed by atoms with Gasteiger partial charge in [-0.05, 0) is 33.9 Å². The minimum Gasteiger partial charge on any atom is -0.299 e. The van der Waals surface area contributed by atoms with Crippen molar-refractivity contribution in [2.24, 2.45) is 0 Å². The first-order valence-corrected chi connectivity index (χ1v) is 7.70. The van der Waals surface area contributed by atoms with Gasteiger partial charge in [-0.3, -0.25) is 4.79 Å². The van der Waals surface area contributed by atoms with E-state index >= 15 is 0 Å². The molecule has 0 amide bonds. The van der Waals surface area contributed by atoms with E-state index < -0.39 is 0 Å². The van der Waals surface area contributed by atoms with Gasteiger partial charge in [-0.15, -0.1) is 0 Å². The molecule has 0 unspecified atom stereocenters. The molecule has 0 bridgehead atoms. The summed E-state index contributed by atoms with van der Waals surface area (Å²) >= 11 is 0. The predicted molar refractivity (Wildman–Crippen MR) is 87.5 cm³/mol. The van der Waals surface area contributed by atoms with Crippen molar-refractivity contribution < 1.29 is 4.79 Å². The second-order valence-electron chi connectivity index (χ2n) is 7.88. The van der Waals surface area contributed by atoms with Crippen molar-refractivity contribution in [3.8, 4) is 0 Å². The van der Waals surface area contributed by atoms with Crippen molar-refractivity contribution in [1.29, 1.82) is 0 Å². The molecule has 20 heavy (non-hydrogen) atoms. The molecule has 0 radical (unpaired) electrons. The summed E-state index contributed by atoms with van der Waals surface area (Å²) in [5.41, 5.74) is 4.04. The van der Waals surface area contributed by atoms with Gasteiger partial charge in [0.25, 0.3) is 0 Å². The van der Waals surface area contributed by atoms with Crippen molar-refractivity contribution in [3.63, 3.8) is 0 Å². The van der Waals surface area contributed by atoms with Crippen molar-refractivity contribution in [2.75, 3.05) is 0 Å². The number of carbonyl (C=O) groups is 1. The maximum absolute atomic E-state index is 11.9. The monoisotopic (exact) mass is 274 g/mol. The third-order valence-corrected chi connectivity index (χ3v) is 3.65. The van der Waals surface area contributed by atoms with Crippen LogP contribution in [-0.4, -0.2) is 5.78 Å². The first-order valence-electron chi connectivity index (χ1n) is 7.70. The van der Waals surface area contributed by atoms with Gasteiger partial charge in [0.1, 0.15) is 5.78 Å². The Labute approximate surface area is 124 Å². The summed E-state index contributed by atoms with van der Waals surface area (Å²) in [6, 6.07) is 6.72. The number of carbonyl (C=O) groups excluding carboxylic acids is 1. The summed E-state index contributed by atoms with van der Waals surface area (Å²) in [4.78, 5) is 11.9. The average Bonchev–Trinajstić information content (AvgIpc) is 2.26. The number of ketones is 1. The molecular weight excluding hydrogens is 244 g/mol. The lowest BCUT2D eigenvalue weighted by atomic mass is 9.79. The van der Waals surface area contributed by atoms with Crippen LogP contribution in [0.2, 0.25) is 0 Å². The molecule has 0 aliphatic heterocycles. The SMILES string of the molecule is CCCC(=O)Cc1cc(C(C)(C)C)cc(C(C)(C)C)c1. The Morgan fingerprint density at radius 3 is 1.70 bits per heavy atom. The Kier molecular flexibility index (Phi) is 5.18. The summed E-state index contributed by atoms with van der Waals surface area (Å²) in [5.74, 6) is 0.346. The summed E-state index contributed by atoms with van der Waals surface area (Å²) in [5, 5.41) is 0. The number of benzene rings is 1. The van der Waals surface area contributed by atoms with Crippen LogP contribution in [0.25, 0.3) is 0 Å². The Morgan fingerprint density at radius 1 is 0.900 bits per heavy atom. The lowest BCUT2D eigenvalue weighted by molar-refractivity contribution is -0.118. The van der Waals surface area contributed by atoms with Crippen LogP contribution in [0.1, 0.15) is 78.0 Å². The standard InChI is InChI=1S/C19H30O/c1-8-9-17(20)12-14-10-15(18(2,3)4)13-16(11-14)19(5,6)7/h10-11,13H,8-9,12H2,1-7H3. The molecule has 1 nitrogen and oxygen atoms in total. The third kappa shape index (κ3) is 4.77. The third-order valence-electron chi connectivity index (χ3n) is 3.65. The van der Waals surface area contributed by atoms with Crippen LogP contribution in [0.15, 0.2) is 18.2 Å². The van der Waals surface area contributed by atoms with E-state index in [0.29, 0.717) is 18.6 Å². The van der Waals surface area contributed by atoms with E-state index in [4.69, 9.17) is 0 Å². The maximum Gasteiger partial charge on any atom is 0.137 e. The molecule has 1 heteroatoms. The van der Waals surface area contributed by atoms with Gasteiger partial charge in [-0.1, -0.05) is 66.7 Å². The predicted octanol–water partition coefficient (Wildman–Crippen LogP) is 5.19. The first kappa shape index (κ1) is 16.9. The fraction of sp³-hybridized carbons (Fsp3) is 0.632. The van der Waals surface area contributed by atoms with E-state index in [2.05, 4.69) is 66.7 Å². The van der Waals surface area contributed by atoms with Gasteiger partial charge in [0.2, 0.25) is 0 Å². The van der Waals surface area contributed by atoms with Crippen LogP contribution in [0, 0.1) is 0 Å². The van der Waals surface area contributed by atoms with Gasteiger partial charge in [-0.2, -0.15) is 0 Å². The minimum atomic E-state index is 0.115. The lowest BCUT2D eigenvalue weighted by Gasteiger charge is -2.26. The molecule has 0 spiro atoms. The van der Waals surface area contributed by atoms with Gasteiger partial charge in [0.05, 0.1) is 0 Å². The first-order chi connectivity index (χ1) is 9.04. The molecule has 0 heterocycles. The summed E-state index contributed by atoms with van der Waals surface area (Å²) < 4.78 is 0. The highest BCUT2D eigenvalue weighted by Gasteiger charge is 2.20. The normalized spacial score (nSPS) is 12.6. The Morgan fingerprint density at radius 2 is 1.35 bits per heavy atom. The molecule has 0 aliphatic rings. The van der Waals surface area contributed by atoms with E-state index in [1.165, 1.54) is 16.7 Å². The Balaban J connectivity index is 3.21. The Bertz CT molecular complexity index is 437. The summed E-state index contributed by atoms with van der Waals surface area (Å²) in [6.45, 7) is 15.4. The molecule has 0 fully saturated rings. The van der Waals surface area contributed by atoms with Crippen LogP contribution in [0.5, 0.6) is 0 Å². The van der Waals surface area contributed by atoms with Crippen LogP contribution in [0.3, 0.4) is 0 Å². The van der Waals surface area contributed by atoms with Crippen LogP contribution >= 0.6 is 0 Å². The number of Topliss-reactive ketones (excluding diaryl/α,β-unsaturated/α-hetero) is 1. The highest BCUT2D eigenvalue weighted by molar-refractivity contribution is 5.80. The second kappa shape index (κ2) is 6.11. The summed E-state index contributed by atoms with van der Waals surface area (Å²) in [6.07, 6.45) is 2.19. The molecule has 1 aromatic carbocycles.